The monoisotopic (exact) mass is 376 g/mol. The molecule has 1 saturated carbocycles. The van der Waals surface area contributed by atoms with Crippen LogP contribution in [0.2, 0.25) is 0 Å². The number of anilines is 2. The number of nitriles is 1. The molecule has 142 valence electrons. The molecule has 27 heavy (non-hydrogen) atoms. The highest BCUT2D eigenvalue weighted by molar-refractivity contribution is 5.59. The Morgan fingerprint density at radius 2 is 1.89 bits per heavy atom. The maximum absolute atomic E-state index is 13.3. The summed E-state index contributed by atoms with van der Waals surface area (Å²) in [5.74, 6) is -0.297. The average Bonchev–Trinajstić information content (AvgIpc) is 3.15. The van der Waals surface area contributed by atoms with Crippen LogP contribution in [0.25, 0.3) is 0 Å². The smallest absolute Gasteiger partial charge is 0.423 e. The topological polar surface area (TPSA) is 62.0 Å². The maximum Gasteiger partial charge on any atom is 0.423 e. The van der Waals surface area contributed by atoms with E-state index in [0.29, 0.717) is 17.8 Å². The highest BCUT2D eigenvalue weighted by Gasteiger charge is 2.37. The molecule has 5 nitrogen and oxygen atoms in total. The van der Waals surface area contributed by atoms with Gasteiger partial charge in [0.25, 0.3) is 0 Å². The van der Waals surface area contributed by atoms with E-state index >= 15 is 0 Å². The average molecular weight is 376 g/mol. The minimum atomic E-state index is -4.59. The second-order valence-electron chi connectivity index (χ2n) is 6.31. The normalized spacial score (nSPS) is 14.8. The molecule has 0 amide bonds. The van der Waals surface area contributed by atoms with E-state index in [1.165, 1.54) is 0 Å². The number of nitrogens with zero attached hydrogens (tertiary/aromatic N) is 4. The molecule has 1 aromatic carbocycles. The van der Waals surface area contributed by atoms with Crippen molar-refractivity contribution in [1.29, 1.82) is 5.26 Å². The van der Waals surface area contributed by atoms with Crippen LogP contribution in [-0.2, 0) is 6.18 Å². The fourth-order valence-electron chi connectivity index (χ4n) is 3.09. The fraction of sp³-hybridized carbons (Fsp3) is 0.421. The summed E-state index contributed by atoms with van der Waals surface area (Å²) in [6, 6.07) is 8.72. The number of rotatable bonds is 5. The molecule has 8 heteroatoms. The van der Waals surface area contributed by atoms with Crippen molar-refractivity contribution in [3.8, 4) is 11.9 Å². The largest absolute Gasteiger partial charge is 0.474 e. The standard InChI is InChI=1S/C19H19F3N4O/c1-2-26(14-9-7-13(11-23)8-10-14)18-24-12-16(19(20,21)22)17(25-18)27-15-5-3-4-6-15/h7-10,12,15H,2-6H2,1H3. The predicted octanol–water partition coefficient (Wildman–Crippen LogP) is 4.85. The van der Waals surface area contributed by atoms with E-state index in [-0.39, 0.29) is 12.1 Å². The summed E-state index contributed by atoms with van der Waals surface area (Å²) in [5, 5.41) is 8.91. The van der Waals surface area contributed by atoms with Crippen LogP contribution in [0.3, 0.4) is 0 Å². The Balaban J connectivity index is 1.96. The van der Waals surface area contributed by atoms with E-state index in [0.717, 1.165) is 31.9 Å². The predicted molar refractivity (Wildman–Crippen MR) is 93.8 cm³/mol. The third kappa shape index (κ3) is 4.30. The van der Waals surface area contributed by atoms with Crippen molar-refractivity contribution >= 4 is 11.6 Å². The van der Waals surface area contributed by atoms with Crippen LogP contribution in [0, 0.1) is 11.3 Å². The Bertz CT molecular complexity index is 824. The van der Waals surface area contributed by atoms with Crippen molar-refractivity contribution in [2.75, 3.05) is 11.4 Å². The Kier molecular flexibility index (Phi) is 5.49. The van der Waals surface area contributed by atoms with E-state index in [4.69, 9.17) is 10.00 Å². The summed E-state index contributed by atoms with van der Waals surface area (Å²) in [6.45, 7) is 2.29. The van der Waals surface area contributed by atoms with Gasteiger partial charge in [-0.15, -0.1) is 0 Å². The van der Waals surface area contributed by atoms with E-state index in [9.17, 15) is 13.2 Å². The summed E-state index contributed by atoms with van der Waals surface area (Å²) in [6.07, 6.45) is -0.726. The Morgan fingerprint density at radius 1 is 1.22 bits per heavy atom. The van der Waals surface area contributed by atoms with Crippen molar-refractivity contribution in [3.63, 3.8) is 0 Å². The minimum Gasteiger partial charge on any atom is -0.474 e. The number of alkyl halides is 3. The molecule has 1 aliphatic rings. The SMILES string of the molecule is CCN(c1ccc(C#N)cc1)c1ncc(C(F)(F)F)c(OC2CCCC2)n1. The number of halogens is 3. The van der Waals surface area contributed by atoms with E-state index in [2.05, 4.69) is 9.97 Å². The van der Waals surface area contributed by atoms with E-state index in [1.54, 1.807) is 29.2 Å². The maximum atomic E-state index is 13.3. The first-order valence-electron chi connectivity index (χ1n) is 8.81. The van der Waals surface area contributed by atoms with Crippen LogP contribution >= 0.6 is 0 Å². The summed E-state index contributed by atoms with van der Waals surface area (Å²) in [5.41, 5.74) is 0.213. The van der Waals surface area contributed by atoms with Crippen molar-refractivity contribution in [2.45, 2.75) is 44.9 Å². The van der Waals surface area contributed by atoms with Gasteiger partial charge in [-0.05, 0) is 56.9 Å². The van der Waals surface area contributed by atoms with E-state index < -0.39 is 17.6 Å². The fourth-order valence-corrected chi connectivity index (χ4v) is 3.09. The van der Waals surface area contributed by atoms with Crippen LogP contribution < -0.4 is 9.64 Å². The van der Waals surface area contributed by atoms with Gasteiger partial charge in [-0.25, -0.2) is 4.98 Å². The van der Waals surface area contributed by atoms with Crippen LogP contribution in [0.1, 0.15) is 43.7 Å². The highest BCUT2D eigenvalue weighted by atomic mass is 19.4. The van der Waals surface area contributed by atoms with Gasteiger partial charge in [-0.3, -0.25) is 0 Å². The number of ether oxygens (including phenoxy) is 1. The van der Waals surface area contributed by atoms with Gasteiger partial charge >= 0.3 is 6.18 Å². The second kappa shape index (κ2) is 7.82. The zero-order chi connectivity index (χ0) is 19.4. The molecular formula is C19H19F3N4O. The molecule has 0 N–H and O–H groups in total. The molecule has 0 radical (unpaired) electrons. The second-order valence-corrected chi connectivity index (χ2v) is 6.31. The molecule has 2 aromatic rings. The van der Waals surface area contributed by atoms with E-state index in [1.807, 2.05) is 13.0 Å². The van der Waals surface area contributed by atoms with Gasteiger partial charge in [-0.2, -0.15) is 23.4 Å². The lowest BCUT2D eigenvalue weighted by Crippen LogP contribution is -2.22. The highest BCUT2D eigenvalue weighted by Crippen LogP contribution is 2.37. The quantitative estimate of drug-likeness (QED) is 0.747. The first-order valence-corrected chi connectivity index (χ1v) is 8.81. The molecule has 1 aliphatic carbocycles. The zero-order valence-electron chi connectivity index (χ0n) is 14.8. The van der Waals surface area contributed by atoms with Gasteiger partial charge in [0, 0.05) is 18.4 Å². The molecule has 3 rings (SSSR count). The number of benzene rings is 1. The lowest BCUT2D eigenvalue weighted by molar-refractivity contribution is -0.139. The van der Waals surface area contributed by atoms with Crippen molar-refractivity contribution in [3.05, 3.63) is 41.6 Å². The molecule has 0 unspecified atom stereocenters. The molecule has 0 aliphatic heterocycles. The Hall–Kier alpha value is -2.82. The van der Waals surface area contributed by atoms with Crippen LogP contribution in [0.15, 0.2) is 30.5 Å². The van der Waals surface area contributed by atoms with Gasteiger partial charge < -0.3 is 9.64 Å². The Labute approximate surface area is 155 Å². The number of hydrogen-bond acceptors (Lipinski definition) is 5. The summed E-state index contributed by atoms with van der Waals surface area (Å²) in [7, 11) is 0. The molecule has 0 spiro atoms. The molecule has 1 aromatic heterocycles. The molecular weight excluding hydrogens is 357 g/mol. The van der Waals surface area contributed by atoms with Gasteiger partial charge in [0.1, 0.15) is 11.7 Å². The summed E-state index contributed by atoms with van der Waals surface area (Å²) >= 11 is 0. The molecule has 1 fully saturated rings. The van der Waals surface area contributed by atoms with Crippen molar-refractivity contribution in [2.24, 2.45) is 0 Å². The molecule has 1 heterocycles. The van der Waals surface area contributed by atoms with Crippen LogP contribution in [0.4, 0.5) is 24.8 Å². The molecule has 0 saturated heterocycles. The van der Waals surface area contributed by atoms with Crippen molar-refractivity contribution in [1.82, 2.24) is 9.97 Å². The lowest BCUT2D eigenvalue weighted by Gasteiger charge is -2.23. The summed E-state index contributed by atoms with van der Waals surface area (Å²) < 4.78 is 45.6. The molecule has 0 atom stereocenters. The van der Waals surface area contributed by atoms with Gasteiger partial charge in [-0.1, -0.05) is 0 Å². The lowest BCUT2D eigenvalue weighted by atomic mass is 10.2. The van der Waals surface area contributed by atoms with Gasteiger partial charge in [0.05, 0.1) is 11.6 Å². The third-order valence-corrected chi connectivity index (χ3v) is 4.49. The first kappa shape index (κ1) is 19.0. The van der Waals surface area contributed by atoms with Crippen LogP contribution in [0.5, 0.6) is 5.88 Å². The first-order chi connectivity index (χ1) is 12.9. The number of aromatic nitrogens is 2. The number of hydrogen-bond donors (Lipinski definition) is 0. The van der Waals surface area contributed by atoms with Crippen LogP contribution in [-0.4, -0.2) is 22.6 Å². The summed E-state index contributed by atoms with van der Waals surface area (Å²) in [4.78, 5) is 9.69. The molecule has 0 bridgehead atoms. The van der Waals surface area contributed by atoms with Crippen molar-refractivity contribution < 1.29 is 17.9 Å². The zero-order valence-corrected chi connectivity index (χ0v) is 14.8. The third-order valence-electron chi connectivity index (χ3n) is 4.49. The Morgan fingerprint density at radius 3 is 2.44 bits per heavy atom. The minimum absolute atomic E-state index is 0.128. The van der Waals surface area contributed by atoms with Gasteiger partial charge in [0.15, 0.2) is 0 Å². The van der Waals surface area contributed by atoms with Gasteiger partial charge in [0.2, 0.25) is 11.8 Å².